The molecule has 3 aromatic rings. The Labute approximate surface area is 347 Å². The van der Waals surface area contributed by atoms with Crippen molar-refractivity contribution in [3.8, 4) is 0 Å². The molecule has 3 heterocycles. The van der Waals surface area contributed by atoms with Crippen molar-refractivity contribution >= 4 is 47.6 Å². The Kier molecular flexibility index (Phi) is 22.1. The molecule has 1 atom stereocenters. The van der Waals surface area contributed by atoms with E-state index in [1.54, 1.807) is 51.1 Å². The quantitative estimate of drug-likeness (QED) is 0.0650. The molecule has 0 radical (unpaired) electrons. The Balaban J connectivity index is 0.000000454. The Morgan fingerprint density at radius 3 is 2.45 bits per heavy atom. The molecular formula is C34H41N6Na2O7PS. The van der Waals surface area contributed by atoms with Gasteiger partial charge in [-0.25, -0.2) is 9.99 Å². The minimum Gasteiger partial charge on any atom is -0.790 e. The number of fused-ring (bicyclic) bond motifs is 2. The van der Waals surface area contributed by atoms with E-state index in [0.29, 0.717) is 19.5 Å². The predicted molar refractivity (Wildman–Crippen MR) is 186 cm³/mol. The van der Waals surface area contributed by atoms with E-state index < -0.39 is 14.0 Å². The Morgan fingerprint density at radius 2 is 1.82 bits per heavy atom. The van der Waals surface area contributed by atoms with Crippen molar-refractivity contribution in [2.24, 2.45) is 0 Å². The first kappa shape index (κ1) is 46.8. The first-order valence-corrected chi connectivity index (χ1v) is 17.6. The van der Waals surface area contributed by atoms with E-state index >= 15 is 0 Å². The van der Waals surface area contributed by atoms with Crippen molar-refractivity contribution < 1.29 is 92.4 Å². The van der Waals surface area contributed by atoms with Crippen molar-refractivity contribution in [1.82, 2.24) is 30.1 Å². The van der Waals surface area contributed by atoms with Crippen molar-refractivity contribution in [2.75, 3.05) is 39.8 Å². The number of phosphoric ester groups is 1. The number of phosphoric acid groups is 1. The third kappa shape index (κ3) is 15.3. The smallest absolute Gasteiger partial charge is 0.790 e. The second kappa shape index (κ2) is 24.1. The van der Waals surface area contributed by atoms with Crippen LogP contribution in [-0.2, 0) is 36.6 Å². The maximum atomic E-state index is 12.7. The van der Waals surface area contributed by atoms with Crippen LogP contribution in [0.1, 0.15) is 18.1 Å². The minimum atomic E-state index is -4.83. The van der Waals surface area contributed by atoms with Gasteiger partial charge in [-0.3, -0.25) is 19.4 Å². The molecule has 13 nitrogen and oxygen atoms in total. The zero-order chi connectivity index (χ0) is 35.8. The van der Waals surface area contributed by atoms with Gasteiger partial charge in [0.05, 0.1) is 43.2 Å². The van der Waals surface area contributed by atoms with Gasteiger partial charge in [0.2, 0.25) is 18.2 Å². The Hall–Kier alpha value is -2.27. The van der Waals surface area contributed by atoms with E-state index in [1.165, 1.54) is 21.5 Å². The summed E-state index contributed by atoms with van der Waals surface area (Å²) in [5.41, 5.74) is 5.86. The monoisotopic (exact) mass is 754 g/mol. The second-order valence-electron chi connectivity index (χ2n) is 10.8. The SMILES string of the molecule is C=C/C=C(C)\C=C/COP(=O)([O-])[O-].C=CCN1CC(=O)N2CC(=O)N(Cc3cccc4scnc34)CC2N1C=O.CNCc1ccccc1.[Na+].[Na+]. The number of allylic oxidation sites excluding steroid dienone is 4. The molecule has 2 fully saturated rings. The molecule has 0 spiro atoms. The van der Waals surface area contributed by atoms with Crippen LogP contribution in [0.25, 0.3) is 10.2 Å². The van der Waals surface area contributed by atoms with Crippen LogP contribution in [-0.4, -0.2) is 89.0 Å². The van der Waals surface area contributed by atoms with Crippen LogP contribution in [0.15, 0.2) is 103 Å². The molecule has 2 aliphatic heterocycles. The number of nitrogens with one attached hydrogen (secondary N) is 1. The molecule has 5 rings (SSSR count). The Bertz CT molecular complexity index is 1690. The normalized spacial score (nSPS) is 16.2. The van der Waals surface area contributed by atoms with Gasteiger partial charge >= 0.3 is 59.1 Å². The average molecular weight is 755 g/mol. The minimum absolute atomic E-state index is 0. The van der Waals surface area contributed by atoms with E-state index in [0.717, 1.165) is 27.9 Å². The standard InChI is InChI=1S/C18H19N5O3S.C8H11N.C8H13O4P.2Na/c1-2-6-21-9-17(26)22-10-16(25)20(8-15(22)23(21)12-24)7-13-4-3-5-14-18(13)19-11-27-14;1-9-7-8-5-3-2-4-6-8;1-3-5-8(2)6-4-7-12-13(9,10)11;;/h2-5,11-12,15H,1,6-10H2;2-6,9H,7H2,1H3;3-6H,1,7H2,2H3,(H2,9,10,11);;/q;;;2*+1/p-2/b;;6-4-,8-5-;;. The van der Waals surface area contributed by atoms with Gasteiger partial charge in [0.15, 0.2) is 0 Å². The summed E-state index contributed by atoms with van der Waals surface area (Å²) < 4.78 is 15.0. The van der Waals surface area contributed by atoms with Crippen LogP contribution in [0.3, 0.4) is 0 Å². The van der Waals surface area contributed by atoms with Crippen LogP contribution in [0.5, 0.6) is 0 Å². The number of carbonyl (C=O) groups is 3. The van der Waals surface area contributed by atoms with E-state index in [-0.39, 0.29) is 97.2 Å². The molecule has 2 aliphatic rings. The van der Waals surface area contributed by atoms with Gasteiger partial charge < -0.3 is 34.0 Å². The van der Waals surface area contributed by atoms with Crippen LogP contribution in [0.2, 0.25) is 0 Å². The fourth-order valence-corrected chi connectivity index (χ4v) is 6.03. The number of benzene rings is 2. The first-order valence-electron chi connectivity index (χ1n) is 15.3. The van der Waals surface area contributed by atoms with Crippen LogP contribution < -0.4 is 74.2 Å². The summed E-state index contributed by atoms with van der Waals surface area (Å²) in [6.45, 7) is 10.8. The molecule has 3 amide bonds. The Morgan fingerprint density at radius 1 is 1.10 bits per heavy atom. The molecule has 0 saturated carbocycles. The zero-order valence-corrected chi connectivity index (χ0v) is 35.3. The fourth-order valence-electron chi connectivity index (χ4n) is 5.03. The van der Waals surface area contributed by atoms with Gasteiger partial charge in [-0.2, -0.15) is 0 Å². The molecule has 1 N–H and O–H groups in total. The summed E-state index contributed by atoms with van der Waals surface area (Å²) in [6.07, 6.45) is 8.28. The van der Waals surface area contributed by atoms with E-state index in [4.69, 9.17) is 0 Å². The van der Waals surface area contributed by atoms with Gasteiger partial charge in [0.1, 0.15) is 12.7 Å². The van der Waals surface area contributed by atoms with E-state index in [1.807, 2.05) is 50.4 Å². The maximum Gasteiger partial charge on any atom is 1.00 e. The van der Waals surface area contributed by atoms with Gasteiger partial charge in [-0.15, -0.1) is 17.9 Å². The summed E-state index contributed by atoms with van der Waals surface area (Å²) in [4.78, 5) is 64.3. The number of rotatable bonds is 12. The number of thiazole rings is 1. The van der Waals surface area contributed by atoms with Crippen LogP contribution in [0.4, 0.5) is 0 Å². The third-order valence-corrected chi connectivity index (χ3v) is 8.50. The number of hydrogen-bond donors (Lipinski definition) is 1. The molecule has 17 heteroatoms. The van der Waals surface area contributed by atoms with Crippen molar-refractivity contribution in [3.63, 3.8) is 0 Å². The average Bonchev–Trinajstić information content (AvgIpc) is 3.56. The molecule has 51 heavy (non-hydrogen) atoms. The zero-order valence-electron chi connectivity index (χ0n) is 29.6. The van der Waals surface area contributed by atoms with Gasteiger partial charge in [-0.05, 0) is 31.2 Å². The number of hydrogen-bond acceptors (Lipinski definition) is 11. The summed E-state index contributed by atoms with van der Waals surface area (Å²) in [7, 11) is -2.88. The molecule has 1 unspecified atom stereocenters. The number of amides is 3. The fraction of sp³-hybridized carbons (Fsp3) is 0.294. The third-order valence-electron chi connectivity index (χ3n) is 7.24. The molecule has 2 saturated heterocycles. The molecule has 0 aliphatic carbocycles. The molecule has 1 aromatic heterocycles. The number of carbonyl (C=O) groups excluding carboxylic acids is 3. The molecular weight excluding hydrogens is 713 g/mol. The molecule has 2 aromatic carbocycles. The summed E-state index contributed by atoms with van der Waals surface area (Å²) in [5, 5.41) is 6.23. The molecule has 0 bridgehead atoms. The van der Waals surface area contributed by atoms with Crippen molar-refractivity contribution in [2.45, 2.75) is 26.2 Å². The van der Waals surface area contributed by atoms with Gasteiger partial charge in [0.25, 0.3) is 0 Å². The summed E-state index contributed by atoms with van der Waals surface area (Å²) in [6, 6.07) is 16.2. The number of nitrogens with zero attached hydrogens (tertiary/aromatic N) is 5. The summed E-state index contributed by atoms with van der Waals surface area (Å²) >= 11 is 1.55. The number of piperazine rings is 1. The van der Waals surface area contributed by atoms with Crippen LogP contribution >= 0.6 is 19.2 Å². The topological polar surface area (TPSA) is 162 Å². The summed E-state index contributed by atoms with van der Waals surface area (Å²) in [5.74, 6) is -0.288. The van der Waals surface area contributed by atoms with E-state index in [9.17, 15) is 28.7 Å². The molecule has 262 valence electrons. The predicted octanol–water partition coefficient (Wildman–Crippen LogP) is -3.40. The van der Waals surface area contributed by atoms with Gasteiger partial charge in [0, 0.05) is 19.6 Å². The van der Waals surface area contributed by atoms with Crippen molar-refractivity contribution in [3.05, 3.63) is 114 Å². The van der Waals surface area contributed by atoms with Crippen molar-refractivity contribution in [1.29, 1.82) is 0 Å². The maximum absolute atomic E-state index is 12.7. The first-order chi connectivity index (χ1) is 23.5. The second-order valence-corrected chi connectivity index (χ2v) is 12.9. The number of aromatic nitrogens is 1. The largest absolute Gasteiger partial charge is 1.00 e. The number of hydrazine groups is 1. The number of para-hydroxylation sites is 1. The van der Waals surface area contributed by atoms with Crippen LogP contribution in [0, 0.1) is 0 Å². The van der Waals surface area contributed by atoms with Gasteiger partial charge in [-0.1, -0.05) is 85.0 Å². The van der Waals surface area contributed by atoms with E-state index in [2.05, 4.69) is 40.1 Å².